The van der Waals surface area contributed by atoms with Crippen molar-refractivity contribution in [2.75, 3.05) is 13.2 Å². The average molecular weight is 340 g/mol. The minimum Gasteiger partial charge on any atom is -0.472 e. The van der Waals surface area contributed by atoms with Gasteiger partial charge in [-0.15, -0.1) is 0 Å². The van der Waals surface area contributed by atoms with Crippen LogP contribution in [0.25, 0.3) is 11.3 Å². The van der Waals surface area contributed by atoms with Crippen molar-refractivity contribution in [2.45, 2.75) is 26.4 Å². The lowest BCUT2D eigenvalue weighted by Gasteiger charge is -2.26. The molecule has 2 aromatic heterocycles. The minimum absolute atomic E-state index is 0.159. The molecular weight excluding hydrogens is 322 g/mol. The summed E-state index contributed by atoms with van der Waals surface area (Å²) in [5.74, 6) is 0.542. The SMILES string of the molecule is CC(C)(C)ON(C=O)CCOc1noc(-c2cccnc2)c1Cl. The topological polar surface area (TPSA) is 77.7 Å². The minimum atomic E-state index is -0.472. The van der Waals surface area contributed by atoms with Crippen LogP contribution in [-0.4, -0.2) is 40.4 Å². The number of halogens is 1. The normalized spacial score (nSPS) is 11.3. The molecule has 0 N–H and O–H groups in total. The van der Waals surface area contributed by atoms with Crippen molar-refractivity contribution in [1.29, 1.82) is 0 Å². The van der Waals surface area contributed by atoms with E-state index in [1.807, 2.05) is 20.8 Å². The number of rotatable bonds is 7. The summed E-state index contributed by atoms with van der Waals surface area (Å²) in [4.78, 5) is 20.4. The first kappa shape index (κ1) is 17.2. The van der Waals surface area contributed by atoms with Gasteiger partial charge in [-0.05, 0) is 38.1 Å². The van der Waals surface area contributed by atoms with E-state index in [0.717, 1.165) is 5.06 Å². The molecular formula is C15H18ClN3O4. The number of hydroxylamine groups is 2. The molecule has 0 unspecified atom stereocenters. The second-order valence-electron chi connectivity index (χ2n) is 5.67. The number of nitrogens with zero attached hydrogens (tertiary/aromatic N) is 3. The maximum Gasteiger partial charge on any atom is 0.273 e. The second kappa shape index (κ2) is 7.43. The van der Waals surface area contributed by atoms with Gasteiger partial charge in [0.1, 0.15) is 6.61 Å². The van der Waals surface area contributed by atoms with Crippen LogP contribution in [0.2, 0.25) is 5.02 Å². The molecule has 0 saturated heterocycles. The third-order valence-corrected chi connectivity index (χ3v) is 2.92. The molecule has 0 spiro atoms. The number of hydrogen-bond acceptors (Lipinski definition) is 6. The van der Waals surface area contributed by atoms with Gasteiger partial charge in [-0.1, -0.05) is 11.6 Å². The van der Waals surface area contributed by atoms with Crippen molar-refractivity contribution in [3.8, 4) is 17.2 Å². The number of hydrogen-bond donors (Lipinski definition) is 0. The lowest BCUT2D eigenvalue weighted by atomic mass is 10.2. The monoisotopic (exact) mass is 339 g/mol. The van der Waals surface area contributed by atoms with Crippen molar-refractivity contribution < 1.29 is 18.9 Å². The van der Waals surface area contributed by atoms with E-state index in [1.54, 1.807) is 24.5 Å². The van der Waals surface area contributed by atoms with Crippen LogP contribution in [0.4, 0.5) is 0 Å². The molecule has 2 aromatic rings. The van der Waals surface area contributed by atoms with E-state index in [-0.39, 0.29) is 24.1 Å². The number of pyridine rings is 1. The molecule has 8 heteroatoms. The number of carbonyl (C=O) groups excluding carboxylic acids is 1. The summed E-state index contributed by atoms with van der Waals surface area (Å²) in [6.07, 6.45) is 3.86. The Morgan fingerprint density at radius 3 is 2.83 bits per heavy atom. The largest absolute Gasteiger partial charge is 0.472 e. The second-order valence-corrected chi connectivity index (χ2v) is 6.05. The van der Waals surface area contributed by atoms with Gasteiger partial charge in [-0.2, -0.15) is 0 Å². The van der Waals surface area contributed by atoms with Crippen LogP contribution < -0.4 is 4.74 Å². The molecule has 0 aromatic carbocycles. The van der Waals surface area contributed by atoms with Gasteiger partial charge in [0.05, 0.1) is 12.1 Å². The Labute approximate surface area is 139 Å². The van der Waals surface area contributed by atoms with Gasteiger partial charge in [0.2, 0.25) is 6.41 Å². The van der Waals surface area contributed by atoms with Gasteiger partial charge in [0, 0.05) is 18.0 Å². The van der Waals surface area contributed by atoms with Crippen LogP contribution in [0.3, 0.4) is 0 Å². The van der Waals surface area contributed by atoms with Crippen LogP contribution >= 0.6 is 11.6 Å². The Morgan fingerprint density at radius 2 is 2.22 bits per heavy atom. The van der Waals surface area contributed by atoms with E-state index in [4.69, 9.17) is 25.7 Å². The summed E-state index contributed by atoms with van der Waals surface area (Å²) in [5.41, 5.74) is 0.227. The molecule has 0 aliphatic rings. The van der Waals surface area contributed by atoms with Crippen molar-refractivity contribution in [2.24, 2.45) is 0 Å². The molecule has 23 heavy (non-hydrogen) atoms. The highest BCUT2D eigenvalue weighted by atomic mass is 35.5. The Bertz CT molecular complexity index is 640. The number of aromatic nitrogens is 2. The number of carbonyl (C=O) groups is 1. The summed E-state index contributed by atoms with van der Waals surface area (Å²) in [7, 11) is 0. The van der Waals surface area contributed by atoms with E-state index in [2.05, 4.69) is 10.1 Å². The zero-order valence-corrected chi connectivity index (χ0v) is 13.9. The molecule has 2 rings (SSSR count). The third-order valence-electron chi connectivity index (χ3n) is 2.59. The van der Waals surface area contributed by atoms with Crippen LogP contribution in [0.15, 0.2) is 29.0 Å². The summed E-state index contributed by atoms with van der Waals surface area (Å²) in [5, 5.41) is 5.20. The summed E-state index contributed by atoms with van der Waals surface area (Å²) in [6, 6.07) is 3.56. The van der Waals surface area contributed by atoms with E-state index in [0.29, 0.717) is 17.7 Å². The Hall–Kier alpha value is -2.12. The van der Waals surface area contributed by atoms with Crippen molar-refractivity contribution in [3.05, 3.63) is 29.5 Å². The Balaban J connectivity index is 1.94. The molecule has 0 bridgehead atoms. The highest BCUT2D eigenvalue weighted by molar-refractivity contribution is 6.34. The molecule has 1 amide bonds. The lowest BCUT2D eigenvalue weighted by molar-refractivity contribution is -0.217. The van der Waals surface area contributed by atoms with Gasteiger partial charge in [0.15, 0.2) is 10.8 Å². The van der Waals surface area contributed by atoms with Gasteiger partial charge in [-0.25, -0.2) is 5.06 Å². The zero-order chi connectivity index (χ0) is 16.9. The first-order valence-corrected chi connectivity index (χ1v) is 7.38. The Morgan fingerprint density at radius 1 is 1.43 bits per heavy atom. The van der Waals surface area contributed by atoms with Gasteiger partial charge in [0.25, 0.3) is 5.88 Å². The van der Waals surface area contributed by atoms with E-state index in [1.165, 1.54) is 0 Å². The fraction of sp³-hybridized carbons (Fsp3) is 0.400. The fourth-order valence-electron chi connectivity index (χ4n) is 1.73. The molecule has 0 aliphatic heterocycles. The van der Waals surface area contributed by atoms with Gasteiger partial charge in [-0.3, -0.25) is 14.6 Å². The summed E-state index contributed by atoms with van der Waals surface area (Å²) in [6.45, 7) is 5.93. The molecule has 2 heterocycles. The summed E-state index contributed by atoms with van der Waals surface area (Å²) >= 11 is 6.19. The third kappa shape index (κ3) is 4.94. The van der Waals surface area contributed by atoms with Crippen LogP contribution in [0, 0.1) is 0 Å². The fourth-order valence-corrected chi connectivity index (χ4v) is 1.97. The molecule has 124 valence electrons. The standard InChI is InChI=1S/C15H18ClN3O4/c1-15(2,3)23-19(10-20)7-8-21-14-12(16)13(22-18-14)11-5-4-6-17-9-11/h4-6,9-10H,7-8H2,1-3H3. The van der Waals surface area contributed by atoms with Gasteiger partial charge >= 0.3 is 0 Å². The molecule has 0 atom stereocenters. The molecule has 0 radical (unpaired) electrons. The molecule has 0 fully saturated rings. The lowest BCUT2D eigenvalue weighted by Crippen LogP contribution is -2.35. The highest BCUT2D eigenvalue weighted by Crippen LogP contribution is 2.34. The summed E-state index contributed by atoms with van der Waals surface area (Å²) < 4.78 is 10.6. The molecule has 0 saturated carbocycles. The first-order chi connectivity index (χ1) is 10.9. The maximum absolute atomic E-state index is 11.0. The van der Waals surface area contributed by atoms with Crippen molar-refractivity contribution >= 4 is 18.0 Å². The van der Waals surface area contributed by atoms with Crippen LogP contribution in [0.1, 0.15) is 20.8 Å². The van der Waals surface area contributed by atoms with Gasteiger partial charge < -0.3 is 9.26 Å². The molecule has 0 aliphatic carbocycles. The maximum atomic E-state index is 11.0. The van der Waals surface area contributed by atoms with Crippen LogP contribution in [-0.2, 0) is 9.63 Å². The van der Waals surface area contributed by atoms with E-state index < -0.39 is 5.60 Å². The molecule has 7 nitrogen and oxygen atoms in total. The smallest absolute Gasteiger partial charge is 0.273 e. The number of amides is 1. The predicted octanol–water partition coefficient (Wildman–Crippen LogP) is 2.96. The highest BCUT2D eigenvalue weighted by Gasteiger charge is 2.19. The van der Waals surface area contributed by atoms with E-state index >= 15 is 0 Å². The average Bonchev–Trinajstić information content (AvgIpc) is 2.87. The quantitative estimate of drug-likeness (QED) is 0.570. The first-order valence-electron chi connectivity index (χ1n) is 7.00. The van der Waals surface area contributed by atoms with Crippen molar-refractivity contribution in [1.82, 2.24) is 15.2 Å². The zero-order valence-electron chi connectivity index (χ0n) is 13.2. The van der Waals surface area contributed by atoms with Crippen LogP contribution in [0.5, 0.6) is 5.88 Å². The van der Waals surface area contributed by atoms with E-state index in [9.17, 15) is 4.79 Å². The Kier molecular flexibility index (Phi) is 5.57. The predicted molar refractivity (Wildman–Crippen MR) is 83.8 cm³/mol. The number of ether oxygens (including phenoxy) is 1. The van der Waals surface area contributed by atoms with Crippen molar-refractivity contribution in [3.63, 3.8) is 0 Å².